The summed E-state index contributed by atoms with van der Waals surface area (Å²) in [6, 6.07) is 50.5. The molecule has 10 rings (SSSR count). The molecule has 250 valence electrons. The predicted octanol–water partition coefficient (Wildman–Crippen LogP) is 11.4. The van der Waals surface area contributed by atoms with E-state index in [1.807, 2.05) is 12.1 Å². The summed E-state index contributed by atoms with van der Waals surface area (Å²) in [6.45, 7) is 0.0744. The number of hydrogen-bond acceptors (Lipinski definition) is 4. The highest BCUT2D eigenvalue weighted by Crippen LogP contribution is 2.49. The normalized spacial score (nSPS) is 12.4. The minimum atomic E-state index is 0.0372. The van der Waals surface area contributed by atoms with Gasteiger partial charge >= 0.3 is 0 Å². The second kappa shape index (κ2) is 12.2. The molecule has 0 heterocycles. The molecule has 2 N–H and O–H groups in total. The summed E-state index contributed by atoms with van der Waals surface area (Å²) in [5.41, 5.74) is 13.6. The molecule has 0 saturated carbocycles. The average molecular weight is 675 g/mol. The zero-order valence-corrected chi connectivity index (χ0v) is 28.4. The molecular formula is C48H34O4. The highest BCUT2D eigenvalue weighted by molar-refractivity contribution is 6.10. The summed E-state index contributed by atoms with van der Waals surface area (Å²) in [5.74, 6) is 3.05. The Labute approximate surface area is 301 Å². The molecule has 0 fully saturated rings. The fourth-order valence-corrected chi connectivity index (χ4v) is 8.25. The Kier molecular flexibility index (Phi) is 7.20. The third kappa shape index (κ3) is 5.07. The predicted molar refractivity (Wildman–Crippen MR) is 208 cm³/mol. The molecule has 0 aliphatic heterocycles. The molecule has 0 radical (unpaired) electrons. The number of fused-ring (bicyclic) bond motifs is 8. The van der Waals surface area contributed by atoms with E-state index < -0.39 is 0 Å². The van der Waals surface area contributed by atoms with Gasteiger partial charge in [-0.25, -0.2) is 0 Å². The van der Waals surface area contributed by atoms with Crippen LogP contribution < -0.4 is 9.47 Å². The van der Waals surface area contributed by atoms with E-state index in [1.54, 1.807) is 0 Å². The largest absolute Gasteiger partial charge is 0.457 e. The molecule has 52 heavy (non-hydrogen) atoms. The average Bonchev–Trinajstić information content (AvgIpc) is 3.74. The third-order valence-electron chi connectivity index (χ3n) is 10.7. The summed E-state index contributed by atoms with van der Waals surface area (Å²) in [7, 11) is 0. The van der Waals surface area contributed by atoms with Gasteiger partial charge in [0.05, 0.1) is 13.2 Å². The topological polar surface area (TPSA) is 58.9 Å². The molecule has 0 bridgehead atoms. The van der Waals surface area contributed by atoms with Gasteiger partial charge in [0.15, 0.2) is 0 Å². The van der Waals surface area contributed by atoms with E-state index in [1.165, 1.54) is 44.5 Å². The number of aliphatic hydroxyl groups excluding tert-OH is 2. The molecule has 0 atom stereocenters. The van der Waals surface area contributed by atoms with Crippen molar-refractivity contribution in [3.63, 3.8) is 0 Å². The van der Waals surface area contributed by atoms with E-state index in [-0.39, 0.29) is 13.2 Å². The number of ether oxygens (including phenoxy) is 2. The lowest BCUT2D eigenvalue weighted by Gasteiger charge is -2.20. The number of benzene rings is 8. The molecule has 4 nitrogen and oxygen atoms in total. The highest BCUT2D eigenvalue weighted by Gasteiger charge is 2.24. The van der Waals surface area contributed by atoms with E-state index in [2.05, 4.69) is 133 Å². The quantitative estimate of drug-likeness (QED) is 0.177. The smallest absolute Gasteiger partial charge is 0.136 e. The van der Waals surface area contributed by atoms with Gasteiger partial charge in [-0.15, -0.1) is 0 Å². The molecule has 0 unspecified atom stereocenters. The van der Waals surface area contributed by atoms with Gasteiger partial charge in [-0.2, -0.15) is 0 Å². The van der Waals surface area contributed by atoms with Crippen LogP contribution in [0.2, 0.25) is 0 Å². The maximum absolute atomic E-state index is 9.71. The van der Waals surface area contributed by atoms with Gasteiger partial charge in [-0.3, -0.25) is 0 Å². The van der Waals surface area contributed by atoms with Crippen molar-refractivity contribution in [1.82, 2.24) is 0 Å². The van der Waals surface area contributed by atoms with Gasteiger partial charge < -0.3 is 19.7 Å². The van der Waals surface area contributed by atoms with Crippen LogP contribution in [0.15, 0.2) is 146 Å². The first kappa shape index (κ1) is 30.6. The Morgan fingerprint density at radius 3 is 1.25 bits per heavy atom. The van der Waals surface area contributed by atoms with Crippen molar-refractivity contribution in [2.75, 3.05) is 0 Å². The molecule has 8 aromatic rings. The minimum absolute atomic E-state index is 0.0372. The Balaban J connectivity index is 1.08. The van der Waals surface area contributed by atoms with E-state index in [0.717, 1.165) is 79.6 Å². The first-order chi connectivity index (χ1) is 25.6. The molecule has 8 aromatic carbocycles. The number of rotatable bonds is 7. The van der Waals surface area contributed by atoms with Crippen LogP contribution in [0, 0.1) is 0 Å². The molecule has 0 saturated heterocycles. The second-order valence-electron chi connectivity index (χ2n) is 13.8. The Bertz CT molecular complexity index is 2540. The van der Waals surface area contributed by atoms with Crippen LogP contribution in [0.3, 0.4) is 0 Å². The van der Waals surface area contributed by atoms with Crippen LogP contribution in [0.5, 0.6) is 23.0 Å². The van der Waals surface area contributed by atoms with Gasteiger partial charge in [0.25, 0.3) is 0 Å². The van der Waals surface area contributed by atoms with Crippen molar-refractivity contribution in [3.05, 3.63) is 179 Å². The monoisotopic (exact) mass is 674 g/mol. The molecule has 0 amide bonds. The molecule has 2 aliphatic rings. The number of hydrogen-bond donors (Lipinski definition) is 2. The lowest BCUT2D eigenvalue weighted by molar-refractivity contribution is 0.281. The van der Waals surface area contributed by atoms with Crippen molar-refractivity contribution >= 4 is 21.5 Å². The molecular weight excluding hydrogens is 641 g/mol. The van der Waals surface area contributed by atoms with Crippen molar-refractivity contribution in [2.45, 2.75) is 26.1 Å². The fourth-order valence-electron chi connectivity index (χ4n) is 8.25. The lowest BCUT2D eigenvalue weighted by atomic mass is 9.92. The van der Waals surface area contributed by atoms with E-state index in [4.69, 9.17) is 9.47 Å². The number of aliphatic hydroxyl groups is 2. The molecule has 0 aromatic heterocycles. The van der Waals surface area contributed by atoms with Crippen molar-refractivity contribution in [1.29, 1.82) is 0 Å². The van der Waals surface area contributed by atoms with Crippen LogP contribution in [-0.4, -0.2) is 10.2 Å². The van der Waals surface area contributed by atoms with Gasteiger partial charge in [-0.1, -0.05) is 109 Å². The van der Waals surface area contributed by atoms with Crippen molar-refractivity contribution < 1.29 is 19.7 Å². The van der Waals surface area contributed by atoms with Crippen molar-refractivity contribution in [3.8, 4) is 56.4 Å². The van der Waals surface area contributed by atoms with Gasteiger partial charge in [0.1, 0.15) is 23.0 Å². The summed E-state index contributed by atoms with van der Waals surface area (Å²) in [6.07, 6.45) is 1.60. The Hall–Kier alpha value is -6.20. The highest BCUT2D eigenvalue weighted by atomic mass is 16.5. The summed E-state index contributed by atoms with van der Waals surface area (Å²) >= 11 is 0. The van der Waals surface area contributed by atoms with Gasteiger partial charge in [0.2, 0.25) is 0 Å². The fraction of sp³-hybridized carbons (Fsp3) is 0.0833. The van der Waals surface area contributed by atoms with E-state index in [9.17, 15) is 10.2 Å². The maximum atomic E-state index is 9.71. The van der Waals surface area contributed by atoms with E-state index in [0.29, 0.717) is 0 Å². The van der Waals surface area contributed by atoms with E-state index >= 15 is 0 Å². The molecule has 4 heteroatoms. The van der Waals surface area contributed by atoms with Crippen LogP contribution in [0.1, 0.15) is 33.4 Å². The van der Waals surface area contributed by atoms with Crippen LogP contribution in [0.25, 0.3) is 54.9 Å². The minimum Gasteiger partial charge on any atom is -0.457 e. The maximum Gasteiger partial charge on any atom is 0.136 e. The third-order valence-corrected chi connectivity index (χ3v) is 10.7. The van der Waals surface area contributed by atoms with Crippen LogP contribution in [-0.2, 0) is 26.1 Å². The molecule has 0 spiro atoms. The SMILES string of the molecule is OCc1ccc2c(c1)Cc1cc(Oc3ccc4ccccc4c3-c3c(Oc4ccc5c(c4)Cc4cc(CO)ccc4-5)ccc4ccccc34)ccc1-2. The second-order valence-corrected chi connectivity index (χ2v) is 13.8. The molecule has 2 aliphatic carbocycles. The first-order valence-corrected chi connectivity index (χ1v) is 17.7. The van der Waals surface area contributed by atoms with Gasteiger partial charge in [0, 0.05) is 11.1 Å². The van der Waals surface area contributed by atoms with Crippen LogP contribution >= 0.6 is 0 Å². The summed E-state index contributed by atoms with van der Waals surface area (Å²) in [5, 5.41) is 23.8. The van der Waals surface area contributed by atoms with Crippen molar-refractivity contribution in [2.24, 2.45) is 0 Å². The summed E-state index contributed by atoms with van der Waals surface area (Å²) < 4.78 is 13.8. The summed E-state index contributed by atoms with van der Waals surface area (Å²) in [4.78, 5) is 0. The Morgan fingerprint density at radius 2 is 0.808 bits per heavy atom. The first-order valence-electron chi connectivity index (χ1n) is 17.7. The Morgan fingerprint density at radius 1 is 0.404 bits per heavy atom. The van der Waals surface area contributed by atoms with Gasteiger partial charge in [-0.05, 0) is 126 Å². The zero-order chi connectivity index (χ0) is 34.8. The zero-order valence-electron chi connectivity index (χ0n) is 28.4. The lowest BCUT2D eigenvalue weighted by Crippen LogP contribution is -1.96. The van der Waals surface area contributed by atoms with Crippen LogP contribution in [0.4, 0.5) is 0 Å². The standard InChI is InChI=1S/C48H34O4/c49-27-29-9-15-39-33(21-29)23-35-25-37(13-17-41(35)39)51-45-19-11-31-5-1-3-7-43(31)47(45)48-44-8-4-2-6-32(44)12-20-46(48)52-38-14-18-42-36(26-38)24-34-22-30(28-50)10-16-40(34)42/h1-22,25-26,49-50H,23-24,27-28H2.